The summed E-state index contributed by atoms with van der Waals surface area (Å²) in [6.07, 6.45) is 10.1. The highest BCUT2D eigenvalue weighted by atomic mass is 15.2. The van der Waals surface area contributed by atoms with E-state index in [-0.39, 0.29) is 0 Å². The van der Waals surface area contributed by atoms with E-state index in [2.05, 4.69) is 43.5 Å². The second kappa shape index (κ2) is 9.99. The Balaban J connectivity index is 2.23. The van der Waals surface area contributed by atoms with Gasteiger partial charge in [0.2, 0.25) is 0 Å². The van der Waals surface area contributed by atoms with Crippen LogP contribution in [0.15, 0.2) is 24.3 Å². The molecular formula is C17H30N2. The number of unbranched alkanes of at least 4 members (excludes halogenated alkanes) is 4. The lowest BCUT2D eigenvalue weighted by molar-refractivity contribution is 0.439. The smallest absolute Gasteiger partial charge is 0.0213 e. The molecule has 3 N–H and O–H groups in total. The first-order valence-corrected chi connectivity index (χ1v) is 7.78. The lowest BCUT2D eigenvalue weighted by Gasteiger charge is -2.16. The molecule has 1 rings (SSSR count). The van der Waals surface area contributed by atoms with Gasteiger partial charge in [-0.2, -0.15) is 0 Å². The van der Waals surface area contributed by atoms with Crippen LogP contribution in [0.1, 0.15) is 63.0 Å². The van der Waals surface area contributed by atoms with Gasteiger partial charge in [-0.25, -0.2) is 0 Å². The molecule has 0 aliphatic heterocycles. The molecule has 0 spiro atoms. The summed E-state index contributed by atoms with van der Waals surface area (Å²) in [5, 5.41) is 0. The summed E-state index contributed by atoms with van der Waals surface area (Å²) in [5.41, 5.74) is 5.83. The first-order valence-electron chi connectivity index (χ1n) is 7.78. The van der Waals surface area contributed by atoms with E-state index in [1.807, 2.05) is 0 Å². The predicted octanol–water partition coefficient (Wildman–Crippen LogP) is 4.12. The SMILES string of the molecule is CCCCCCCC(CCc1ccccc1C)NN. The van der Waals surface area contributed by atoms with Gasteiger partial charge in [-0.1, -0.05) is 63.3 Å². The van der Waals surface area contributed by atoms with Gasteiger partial charge in [0, 0.05) is 6.04 Å². The van der Waals surface area contributed by atoms with E-state index in [4.69, 9.17) is 5.84 Å². The Bertz CT molecular complexity index is 336. The Kier molecular flexibility index (Phi) is 8.52. The summed E-state index contributed by atoms with van der Waals surface area (Å²) in [6, 6.07) is 9.10. The van der Waals surface area contributed by atoms with Crippen molar-refractivity contribution in [2.75, 3.05) is 0 Å². The van der Waals surface area contributed by atoms with E-state index in [9.17, 15) is 0 Å². The van der Waals surface area contributed by atoms with E-state index in [0.717, 1.165) is 12.8 Å². The van der Waals surface area contributed by atoms with Gasteiger partial charge in [0.15, 0.2) is 0 Å². The molecule has 1 unspecified atom stereocenters. The molecule has 2 heteroatoms. The molecule has 0 saturated heterocycles. The molecule has 0 aromatic heterocycles. The van der Waals surface area contributed by atoms with Crippen LogP contribution in [-0.2, 0) is 6.42 Å². The molecule has 1 aromatic rings. The maximum atomic E-state index is 5.67. The Morgan fingerprint density at radius 2 is 1.79 bits per heavy atom. The van der Waals surface area contributed by atoms with E-state index in [1.54, 1.807) is 0 Å². The zero-order valence-corrected chi connectivity index (χ0v) is 12.6. The average molecular weight is 262 g/mol. The van der Waals surface area contributed by atoms with Gasteiger partial charge in [0.05, 0.1) is 0 Å². The number of hydrogen-bond donors (Lipinski definition) is 2. The third-order valence-corrected chi connectivity index (χ3v) is 3.92. The van der Waals surface area contributed by atoms with Gasteiger partial charge < -0.3 is 0 Å². The molecule has 0 fully saturated rings. The topological polar surface area (TPSA) is 38.0 Å². The summed E-state index contributed by atoms with van der Waals surface area (Å²) >= 11 is 0. The molecular weight excluding hydrogens is 232 g/mol. The zero-order chi connectivity index (χ0) is 13.9. The molecule has 0 saturated carbocycles. The van der Waals surface area contributed by atoms with Gasteiger partial charge in [0.25, 0.3) is 0 Å². The molecule has 108 valence electrons. The number of nitrogens with one attached hydrogen (secondary N) is 1. The van der Waals surface area contributed by atoms with Crippen LogP contribution in [0.3, 0.4) is 0 Å². The number of nitrogens with two attached hydrogens (primary N) is 1. The van der Waals surface area contributed by atoms with E-state index in [1.165, 1.54) is 49.7 Å². The van der Waals surface area contributed by atoms with Crippen LogP contribution >= 0.6 is 0 Å². The average Bonchev–Trinajstić information content (AvgIpc) is 2.43. The van der Waals surface area contributed by atoms with Crippen molar-refractivity contribution in [1.29, 1.82) is 0 Å². The fraction of sp³-hybridized carbons (Fsp3) is 0.647. The summed E-state index contributed by atoms with van der Waals surface area (Å²) in [5.74, 6) is 5.67. The fourth-order valence-electron chi connectivity index (χ4n) is 2.53. The van der Waals surface area contributed by atoms with Crippen LogP contribution in [-0.4, -0.2) is 6.04 Å². The quantitative estimate of drug-likeness (QED) is 0.378. The first-order chi connectivity index (χ1) is 9.27. The highest BCUT2D eigenvalue weighted by molar-refractivity contribution is 5.25. The maximum Gasteiger partial charge on any atom is 0.0213 e. The van der Waals surface area contributed by atoms with Crippen molar-refractivity contribution in [2.24, 2.45) is 5.84 Å². The Morgan fingerprint density at radius 1 is 1.05 bits per heavy atom. The van der Waals surface area contributed by atoms with Crippen LogP contribution in [0.25, 0.3) is 0 Å². The highest BCUT2D eigenvalue weighted by Crippen LogP contribution is 2.14. The summed E-state index contributed by atoms with van der Waals surface area (Å²) in [7, 11) is 0. The van der Waals surface area contributed by atoms with Crippen LogP contribution < -0.4 is 11.3 Å². The van der Waals surface area contributed by atoms with Crippen LogP contribution in [0.4, 0.5) is 0 Å². The number of hydrogen-bond acceptors (Lipinski definition) is 2. The second-order valence-corrected chi connectivity index (χ2v) is 5.53. The molecule has 0 radical (unpaired) electrons. The molecule has 1 atom stereocenters. The van der Waals surface area contributed by atoms with Crippen molar-refractivity contribution in [3.8, 4) is 0 Å². The molecule has 0 amide bonds. The highest BCUT2D eigenvalue weighted by Gasteiger charge is 2.07. The van der Waals surface area contributed by atoms with Gasteiger partial charge in [0.1, 0.15) is 0 Å². The van der Waals surface area contributed by atoms with Crippen molar-refractivity contribution < 1.29 is 0 Å². The molecule has 19 heavy (non-hydrogen) atoms. The lowest BCUT2D eigenvalue weighted by atomic mass is 9.98. The van der Waals surface area contributed by atoms with Crippen LogP contribution in [0.2, 0.25) is 0 Å². The number of rotatable bonds is 10. The van der Waals surface area contributed by atoms with Gasteiger partial charge >= 0.3 is 0 Å². The minimum Gasteiger partial charge on any atom is -0.271 e. The summed E-state index contributed by atoms with van der Waals surface area (Å²) in [6.45, 7) is 4.44. The van der Waals surface area contributed by atoms with Crippen molar-refractivity contribution >= 4 is 0 Å². The van der Waals surface area contributed by atoms with Crippen molar-refractivity contribution in [1.82, 2.24) is 5.43 Å². The van der Waals surface area contributed by atoms with Gasteiger partial charge in [-0.3, -0.25) is 11.3 Å². The molecule has 0 aliphatic carbocycles. The summed E-state index contributed by atoms with van der Waals surface area (Å²) in [4.78, 5) is 0. The number of aryl methyl sites for hydroxylation is 2. The van der Waals surface area contributed by atoms with Gasteiger partial charge in [-0.15, -0.1) is 0 Å². The second-order valence-electron chi connectivity index (χ2n) is 5.53. The fourth-order valence-corrected chi connectivity index (χ4v) is 2.53. The van der Waals surface area contributed by atoms with Crippen molar-refractivity contribution in [3.05, 3.63) is 35.4 Å². The van der Waals surface area contributed by atoms with Crippen molar-refractivity contribution in [2.45, 2.75) is 71.3 Å². The van der Waals surface area contributed by atoms with Crippen LogP contribution in [0.5, 0.6) is 0 Å². The molecule has 0 heterocycles. The third-order valence-electron chi connectivity index (χ3n) is 3.92. The zero-order valence-electron chi connectivity index (χ0n) is 12.6. The largest absolute Gasteiger partial charge is 0.271 e. The van der Waals surface area contributed by atoms with Gasteiger partial charge in [-0.05, 0) is 37.3 Å². The predicted molar refractivity (Wildman–Crippen MR) is 84.0 cm³/mol. The van der Waals surface area contributed by atoms with E-state index in [0.29, 0.717) is 6.04 Å². The number of benzene rings is 1. The standard InChI is InChI=1S/C17H30N2/c1-3-4-5-6-7-12-17(19-18)14-13-16-11-9-8-10-15(16)2/h8-11,17,19H,3-7,12-14,18H2,1-2H3. The Hall–Kier alpha value is -0.860. The third kappa shape index (κ3) is 6.74. The maximum absolute atomic E-state index is 5.67. The number of hydrazine groups is 1. The molecule has 0 bridgehead atoms. The Morgan fingerprint density at radius 3 is 2.47 bits per heavy atom. The first kappa shape index (κ1) is 16.2. The van der Waals surface area contributed by atoms with E-state index >= 15 is 0 Å². The normalized spacial score (nSPS) is 12.6. The lowest BCUT2D eigenvalue weighted by Crippen LogP contribution is -2.35. The monoisotopic (exact) mass is 262 g/mol. The molecule has 1 aromatic carbocycles. The Labute approximate surface area is 118 Å². The molecule has 0 aliphatic rings. The van der Waals surface area contributed by atoms with Crippen LogP contribution in [0, 0.1) is 6.92 Å². The molecule has 2 nitrogen and oxygen atoms in total. The van der Waals surface area contributed by atoms with E-state index < -0.39 is 0 Å². The minimum atomic E-state index is 0.459. The minimum absolute atomic E-state index is 0.459. The van der Waals surface area contributed by atoms with Crippen molar-refractivity contribution in [3.63, 3.8) is 0 Å². The summed E-state index contributed by atoms with van der Waals surface area (Å²) < 4.78 is 0.